The van der Waals surface area contributed by atoms with E-state index in [1.165, 1.54) is 0 Å². The van der Waals surface area contributed by atoms with Crippen LogP contribution in [-0.4, -0.2) is 18.8 Å². The van der Waals surface area contributed by atoms with E-state index in [0.717, 1.165) is 38.2 Å². The molecule has 0 amide bonds. The van der Waals surface area contributed by atoms with Crippen molar-refractivity contribution in [3.63, 3.8) is 0 Å². The van der Waals surface area contributed by atoms with Crippen LogP contribution in [0.4, 0.5) is 0 Å². The average Bonchev–Trinajstić information content (AvgIpc) is 3.41. The van der Waals surface area contributed by atoms with E-state index in [-0.39, 0.29) is 11.1 Å². The first-order valence-electron chi connectivity index (χ1n) is 10.6. The Kier molecular flexibility index (Phi) is 3.36. The van der Waals surface area contributed by atoms with Gasteiger partial charge in [0.2, 0.25) is 0 Å². The second kappa shape index (κ2) is 6.08. The van der Waals surface area contributed by atoms with Gasteiger partial charge in [0.1, 0.15) is 11.3 Å². The van der Waals surface area contributed by atoms with Gasteiger partial charge in [-0.1, -0.05) is 24.3 Å². The van der Waals surface area contributed by atoms with Crippen molar-refractivity contribution in [2.75, 3.05) is 0 Å². The summed E-state index contributed by atoms with van der Waals surface area (Å²) in [6.45, 7) is 0. The summed E-state index contributed by atoms with van der Waals surface area (Å²) < 4.78 is 4.68. The molecule has 160 valence electrons. The lowest BCUT2D eigenvalue weighted by atomic mass is 9.96. The number of fused-ring (bicyclic) bond motifs is 8. The van der Waals surface area contributed by atoms with Gasteiger partial charge in [-0.2, -0.15) is 0 Å². The fourth-order valence-corrected chi connectivity index (χ4v) is 6.59. The number of hydrogen-bond donors (Lipinski definition) is 0. The number of aromatic nitrogens is 4. The summed E-state index contributed by atoms with van der Waals surface area (Å²) in [4.78, 5) is 37.3. The zero-order valence-corrected chi connectivity index (χ0v) is 20.3. The summed E-state index contributed by atoms with van der Waals surface area (Å²) in [6, 6.07) is 18.9. The molecule has 0 bridgehead atoms. The highest BCUT2D eigenvalue weighted by molar-refractivity contribution is 9.11. The van der Waals surface area contributed by atoms with Crippen LogP contribution in [0.15, 0.2) is 79.2 Å². The van der Waals surface area contributed by atoms with E-state index in [0.29, 0.717) is 36.4 Å². The molecule has 4 aromatic heterocycles. The van der Waals surface area contributed by atoms with Gasteiger partial charge in [-0.25, -0.2) is 9.97 Å². The number of pyridine rings is 2. The van der Waals surface area contributed by atoms with Gasteiger partial charge in [0.15, 0.2) is 0 Å². The van der Waals surface area contributed by atoms with E-state index in [1.807, 2.05) is 60.7 Å². The number of imidazole rings is 2. The van der Waals surface area contributed by atoms with Crippen LogP contribution in [0, 0.1) is 0 Å². The third-order valence-corrected chi connectivity index (χ3v) is 8.00. The number of rotatable bonds is 0. The van der Waals surface area contributed by atoms with Crippen LogP contribution in [0.25, 0.3) is 65.7 Å². The molecule has 0 spiro atoms. The molecule has 0 radical (unpaired) electrons. The molecule has 4 heterocycles. The Morgan fingerprint density at radius 3 is 1.85 bits per heavy atom. The number of nitrogens with zero attached hydrogens (tertiary/aromatic N) is 4. The van der Waals surface area contributed by atoms with Crippen LogP contribution in [-0.2, 0) is 0 Å². The highest BCUT2D eigenvalue weighted by atomic mass is 79.9. The summed E-state index contributed by atoms with van der Waals surface area (Å²) in [5.41, 5.74) is 3.79. The van der Waals surface area contributed by atoms with Crippen LogP contribution in [0.5, 0.6) is 0 Å². The molecule has 0 atom stereocenters. The standard InChI is InChI=1S/C26H10Br2N4O2/c27-13-10-12-19-11(23-29-15-5-1-3-7-17(15)31(23)25(12)33)9-14(28)21-22(19)20(13)24-30-16-6-2-4-8-18(16)32(24)26(21)34/h1-10H. The lowest BCUT2D eigenvalue weighted by Crippen LogP contribution is -2.17. The molecule has 0 unspecified atom stereocenters. The molecule has 0 fully saturated rings. The Balaban J connectivity index is 1.79. The maximum Gasteiger partial charge on any atom is 0.265 e. The van der Waals surface area contributed by atoms with E-state index in [4.69, 9.17) is 9.97 Å². The monoisotopic (exact) mass is 568 g/mol. The Hall–Kier alpha value is -3.62. The second-order valence-corrected chi connectivity index (χ2v) is 10.1. The van der Waals surface area contributed by atoms with Crippen molar-refractivity contribution in [1.82, 2.24) is 18.8 Å². The van der Waals surface area contributed by atoms with Gasteiger partial charge in [-0.05, 0) is 68.3 Å². The molecule has 6 nitrogen and oxygen atoms in total. The highest BCUT2D eigenvalue weighted by Gasteiger charge is 2.25. The maximum atomic E-state index is 13.9. The molecule has 0 aliphatic rings. The van der Waals surface area contributed by atoms with Gasteiger partial charge in [0.05, 0.1) is 32.8 Å². The first-order chi connectivity index (χ1) is 16.5. The maximum absolute atomic E-state index is 13.9. The van der Waals surface area contributed by atoms with Crippen molar-refractivity contribution in [1.29, 1.82) is 0 Å². The molecule has 0 saturated carbocycles. The van der Waals surface area contributed by atoms with Crippen molar-refractivity contribution in [2.45, 2.75) is 0 Å². The molecule has 8 aromatic rings. The van der Waals surface area contributed by atoms with Crippen LogP contribution in [0.1, 0.15) is 0 Å². The number of hydrogen-bond acceptors (Lipinski definition) is 4. The first-order valence-corrected chi connectivity index (χ1v) is 12.2. The van der Waals surface area contributed by atoms with Crippen molar-refractivity contribution < 1.29 is 0 Å². The molecule has 0 N–H and O–H groups in total. The number of benzene rings is 4. The Bertz CT molecular complexity index is 2300. The van der Waals surface area contributed by atoms with E-state index in [2.05, 4.69) is 31.9 Å². The summed E-state index contributed by atoms with van der Waals surface area (Å²) in [6.07, 6.45) is 0. The first kappa shape index (κ1) is 18.8. The quantitative estimate of drug-likeness (QED) is 0.214. The van der Waals surface area contributed by atoms with Crippen molar-refractivity contribution >= 4 is 97.5 Å². The Morgan fingerprint density at radius 1 is 0.588 bits per heavy atom. The summed E-state index contributed by atoms with van der Waals surface area (Å²) >= 11 is 7.38. The largest absolute Gasteiger partial charge is 0.268 e. The van der Waals surface area contributed by atoms with Crippen LogP contribution in [0.2, 0.25) is 0 Å². The Morgan fingerprint density at radius 2 is 1.15 bits per heavy atom. The molecule has 0 aliphatic heterocycles. The SMILES string of the molecule is O=c1c2cc(Br)c3c4c(c(Br)cc(c24)c2nc4ccccc4n12)c(=O)n1c2ccccc2nc31. The lowest BCUT2D eigenvalue weighted by Gasteiger charge is -2.14. The molecule has 34 heavy (non-hydrogen) atoms. The fourth-order valence-electron chi connectivity index (χ4n) is 5.39. The fraction of sp³-hybridized carbons (Fsp3) is 0. The minimum Gasteiger partial charge on any atom is -0.268 e. The predicted molar refractivity (Wildman–Crippen MR) is 142 cm³/mol. The topological polar surface area (TPSA) is 68.7 Å². The second-order valence-electron chi connectivity index (χ2n) is 8.44. The van der Waals surface area contributed by atoms with Crippen molar-refractivity contribution in [2.24, 2.45) is 0 Å². The van der Waals surface area contributed by atoms with Crippen molar-refractivity contribution in [3.05, 3.63) is 90.3 Å². The highest BCUT2D eigenvalue weighted by Crippen LogP contribution is 2.42. The summed E-state index contributed by atoms with van der Waals surface area (Å²) in [5, 5.41) is 4.10. The molecule has 8 heteroatoms. The van der Waals surface area contributed by atoms with Crippen molar-refractivity contribution in [3.8, 4) is 0 Å². The number of para-hydroxylation sites is 4. The third kappa shape index (κ3) is 2.03. The van der Waals surface area contributed by atoms with E-state index < -0.39 is 0 Å². The Labute approximate surface area is 206 Å². The third-order valence-electron chi connectivity index (χ3n) is 6.75. The van der Waals surface area contributed by atoms with E-state index in [9.17, 15) is 9.59 Å². The van der Waals surface area contributed by atoms with Gasteiger partial charge >= 0.3 is 0 Å². The lowest BCUT2D eigenvalue weighted by molar-refractivity contribution is 1.18. The molecular weight excluding hydrogens is 560 g/mol. The van der Waals surface area contributed by atoms with Gasteiger partial charge in [-0.15, -0.1) is 0 Å². The van der Waals surface area contributed by atoms with E-state index in [1.54, 1.807) is 8.80 Å². The van der Waals surface area contributed by atoms with Crippen LogP contribution >= 0.6 is 31.9 Å². The average molecular weight is 570 g/mol. The van der Waals surface area contributed by atoms with Gasteiger partial charge < -0.3 is 0 Å². The summed E-state index contributed by atoms with van der Waals surface area (Å²) in [5.74, 6) is 0. The van der Waals surface area contributed by atoms with Gasteiger partial charge in [0.25, 0.3) is 11.1 Å². The zero-order chi connectivity index (χ0) is 22.9. The molecule has 0 aliphatic carbocycles. The molecule has 8 rings (SSSR count). The molecule has 0 saturated heterocycles. The zero-order valence-electron chi connectivity index (χ0n) is 17.1. The van der Waals surface area contributed by atoms with Gasteiger partial charge in [0, 0.05) is 30.5 Å². The smallest absolute Gasteiger partial charge is 0.265 e. The predicted octanol–water partition coefficient (Wildman–Crippen LogP) is 5.87. The summed E-state index contributed by atoms with van der Waals surface area (Å²) in [7, 11) is 0. The minimum absolute atomic E-state index is 0.164. The minimum atomic E-state index is -0.176. The van der Waals surface area contributed by atoms with Crippen LogP contribution < -0.4 is 11.1 Å². The molecular formula is C26H10Br2N4O2. The molecule has 4 aromatic carbocycles. The normalized spacial score (nSPS) is 12.6. The van der Waals surface area contributed by atoms with E-state index >= 15 is 0 Å². The van der Waals surface area contributed by atoms with Gasteiger partial charge in [-0.3, -0.25) is 18.4 Å². The van der Waals surface area contributed by atoms with Crippen LogP contribution in [0.3, 0.4) is 0 Å². The number of halogens is 2.